The molecule has 8 aromatic carbocycles. The highest BCUT2D eigenvalue weighted by Crippen LogP contribution is 2.47. The molecular weight excluding hydrogens is 1670 g/mol. The Morgan fingerprint density at radius 3 is 1.06 bits per heavy atom. The molecule has 716 valence electrons. The fourth-order valence-corrected chi connectivity index (χ4v) is 21.5. The number of aliphatic hydroxyl groups is 1. The molecule has 8 aliphatic rings. The molecule has 0 aliphatic carbocycles. The van der Waals surface area contributed by atoms with Gasteiger partial charge in [-0.3, -0.25) is 39.2 Å². The highest BCUT2D eigenvalue weighted by molar-refractivity contribution is 6.21. The zero-order valence-electron chi connectivity index (χ0n) is 81.5. The number of ether oxygens (including phenoxy) is 1. The number of hydrogen-bond donors (Lipinski definition) is 2. The molecule has 0 bridgehead atoms. The number of aliphatic hydroxyl groups excluding tert-OH is 1. The molecule has 0 aromatic heterocycles. The molecule has 0 spiro atoms. The lowest BCUT2D eigenvalue weighted by molar-refractivity contribution is 0.00915. The highest BCUT2D eigenvalue weighted by Gasteiger charge is 2.48. The number of nitrogens with two attached hydrogens (primary N) is 1. The van der Waals surface area contributed by atoms with E-state index >= 15 is 0 Å². The number of β-amino-alcohol motifs (C(OH)–C–C–N with tert-alkyl or cyclic N) is 1. The maximum atomic E-state index is 13.5. The quantitative estimate of drug-likeness (QED) is 0.0676. The minimum absolute atomic E-state index is 0.0102. The van der Waals surface area contributed by atoms with Crippen LogP contribution in [0.2, 0.25) is 0 Å². The standard InChI is InChI=1S/C15H22FN.C14H20FNO.C14H20FN.C14H21N.C13H17ClFN.C13H16F3N.C13H19FN2.C13H18FNO/c1-11(2)17-10-15(3,4)9-14(17)12-6-5-7-13(16)8-12;1-10(2)16-9-13(17-3)8-14(16)11-5-4-6-12(15)7-11;1-11(2)16-9-5-8-14(16,3)12-6-4-7-13(15)10-12;1-12(2)15-11-7-10-14(15,3)13-8-5-4-6-9-13;1-9(2)16-8-11(14)7-13(16)10-4-3-5-12(15)6-10;1-9(2)17-8-13(15,16)7-12(17)10-4-3-5-11(14)6-10;1-9(2)16-8-12(15)7-13(16)10-4-3-5-11(14)6-10;1-9(2)15-8-12(16)7-13(15)10-4-3-5-11(14)6-10/h5-8,11,14H,9-10H2,1-4H3;4-7,10,13-14H,8-9H2,1-3H3;4,6-7,10-11H,5,8-9H2,1-3H3;4-6,8-9,12H,7,10-11H2,1-3H3;3-6,9,11,13H,7-8H2,1-2H3;3-6,9,12H,7-8H2,1-2H3;3-6,9,12-13H,7-8,15H2,1-2H3;3-6,9,12-13,16H,7-8H2,1-2H3. The van der Waals surface area contributed by atoms with Crippen LogP contribution in [0.4, 0.5) is 39.5 Å². The van der Waals surface area contributed by atoms with Crippen LogP contribution in [0.1, 0.15) is 283 Å². The van der Waals surface area contributed by atoms with Crippen molar-refractivity contribution in [3.05, 3.63) is 285 Å². The predicted molar refractivity (Wildman–Crippen MR) is 516 cm³/mol. The molecule has 8 aliphatic heterocycles. The largest absolute Gasteiger partial charge is 0.392 e. The molecule has 8 saturated heterocycles. The van der Waals surface area contributed by atoms with Gasteiger partial charge >= 0.3 is 0 Å². The lowest BCUT2D eigenvalue weighted by Crippen LogP contribution is -2.42. The summed E-state index contributed by atoms with van der Waals surface area (Å²) in [5, 5.41) is 9.89. The monoisotopic (exact) mass is 1830 g/mol. The van der Waals surface area contributed by atoms with Gasteiger partial charge in [-0.25, -0.2) is 39.5 Å². The Hall–Kier alpha value is -7.02. The first-order valence-corrected chi connectivity index (χ1v) is 48.1. The second kappa shape index (κ2) is 48.4. The molecule has 8 aromatic rings. The fourth-order valence-electron chi connectivity index (χ4n) is 21.1. The molecule has 8 fully saturated rings. The molecule has 0 saturated carbocycles. The van der Waals surface area contributed by atoms with Crippen LogP contribution < -0.4 is 5.73 Å². The number of methoxy groups -OCH3 is 1. The third-order valence-electron chi connectivity index (χ3n) is 27.5. The van der Waals surface area contributed by atoms with Crippen molar-refractivity contribution in [1.82, 2.24) is 39.2 Å². The van der Waals surface area contributed by atoms with E-state index in [9.17, 15) is 44.6 Å². The summed E-state index contributed by atoms with van der Waals surface area (Å²) in [5.74, 6) is -4.01. The van der Waals surface area contributed by atoms with E-state index in [-0.39, 0.29) is 125 Å². The summed E-state index contributed by atoms with van der Waals surface area (Å²) in [6.45, 7) is 50.2. The average Bonchev–Trinajstić information content (AvgIpc) is 1.61. The fraction of sp³-hybridized carbons (Fsp3) is 0.560. The number of rotatable bonds is 17. The van der Waals surface area contributed by atoms with Crippen molar-refractivity contribution in [3.8, 4) is 0 Å². The van der Waals surface area contributed by atoms with Gasteiger partial charge in [0.15, 0.2) is 0 Å². The molecule has 16 rings (SSSR count). The lowest BCUT2D eigenvalue weighted by atomic mass is 9.88. The molecule has 8 heterocycles. The van der Waals surface area contributed by atoms with Gasteiger partial charge in [0.1, 0.15) is 40.7 Å². The molecule has 0 amide bonds. The van der Waals surface area contributed by atoms with E-state index in [1.54, 1.807) is 84.8 Å². The number of halogens is 10. The van der Waals surface area contributed by atoms with Crippen LogP contribution in [0.5, 0.6) is 0 Å². The average molecular weight is 1830 g/mol. The Bertz CT molecular complexity index is 4490. The summed E-state index contributed by atoms with van der Waals surface area (Å²) >= 11 is 6.20. The second-order valence-corrected chi connectivity index (χ2v) is 41.2. The van der Waals surface area contributed by atoms with E-state index in [1.807, 2.05) is 62.4 Å². The van der Waals surface area contributed by atoms with Crippen molar-refractivity contribution in [2.24, 2.45) is 11.1 Å². The van der Waals surface area contributed by atoms with Gasteiger partial charge < -0.3 is 15.6 Å². The predicted octanol–water partition coefficient (Wildman–Crippen LogP) is 25.8. The van der Waals surface area contributed by atoms with E-state index < -0.39 is 5.92 Å². The van der Waals surface area contributed by atoms with Gasteiger partial charge in [-0.15, -0.1) is 11.6 Å². The Morgan fingerprint density at radius 2 is 0.677 bits per heavy atom. The van der Waals surface area contributed by atoms with E-state index in [4.69, 9.17) is 22.1 Å². The van der Waals surface area contributed by atoms with Crippen molar-refractivity contribution in [3.63, 3.8) is 0 Å². The van der Waals surface area contributed by atoms with Crippen molar-refractivity contribution in [2.45, 2.75) is 328 Å². The molecule has 12 atom stereocenters. The smallest absolute Gasteiger partial charge is 0.262 e. The minimum Gasteiger partial charge on any atom is -0.392 e. The molecule has 130 heavy (non-hydrogen) atoms. The third-order valence-corrected chi connectivity index (χ3v) is 27.9. The molecule has 12 unspecified atom stereocenters. The Labute approximate surface area is 779 Å². The van der Waals surface area contributed by atoms with E-state index in [0.29, 0.717) is 72.3 Å². The number of likely N-dealkylation sites (tertiary alicyclic amines) is 8. The van der Waals surface area contributed by atoms with Gasteiger partial charge in [0.05, 0.1) is 18.8 Å². The number of benzene rings is 8. The molecule has 21 heteroatoms. The maximum Gasteiger partial charge on any atom is 0.262 e. The summed E-state index contributed by atoms with van der Waals surface area (Å²) < 4.78 is 125. The van der Waals surface area contributed by atoms with Gasteiger partial charge in [0.25, 0.3) is 5.92 Å². The molecular formula is C109H153ClF9N9O2. The van der Waals surface area contributed by atoms with Crippen molar-refractivity contribution in [1.29, 1.82) is 0 Å². The zero-order chi connectivity index (χ0) is 95.4. The topological polar surface area (TPSA) is 81.4 Å². The van der Waals surface area contributed by atoms with E-state index in [1.165, 1.54) is 79.9 Å². The summed E-state index contributed by atoms with van der Waals surface area (Å²) in [6.07, 6.45) is 9.23. The first-order valence-electron chi connectivity index (χ1n) is 47.7. The lowest BCUT2D eigenvalue weighted by Gasteiger charge is -2.38. The van der Waals surface area contributed by atoms with Crippen molar-refractivity contribution < 1.29 is 49.4 Å². The maximum absolute atomic E-state index is 13.5. The van der Waals surface area contributed by atoms with Gasteiger partial charge in [0, 0.05) is 153 Å². The summed E-state index contributed by atoms with van der Waals surface area (Å²) in [5.41, 5.74) is 15.0. The van der Waals surface area contributed by atoms with Crippen LogP contribution >= 0.6 is 11.6 Å². The van der Waals surface area contributed by atoms with Crippen LogP contribution in [-0.4, -0.2) is 182 Å². The summed E-state index contributed by atoms with van der Waals surface area (Å²) in [7, 11) is 1.75. The van der Waals surface area contributed by atoms with E-state index in [0.717, 1.165) is 98.2 Å². The Balaban J connectivity index is 0.000000167. The Morgan fingerprint density at radius 1 is 0.354 bits per heavy atom. The van der Waals surface area contributed by atoms with Crippen molar-refractivity contribution >= 4 is 11.6 Å². The SMILES string of the molecule is CC(C)N1CC(C)(C)CC1c1cccc(F)c1.CC(C)N1CC(Cl)CC1c1cccc(F)c1.CC(C)N1CC(F)(F)CC1c1cccc(F)c1.CC(C)N1CC(N)CC1c1cccc(F)c1.CC(C)N1CC(O)CC1c1cccc(F)c1.CC(C)N1CCCC1(C)c1cccc(F)c1.CC(C)N1CCCC1(C)c1ccccc1.COC1CC(c2cccc(F)c2)N(C(C)C)C1. The number of nitrogens with zero attached hydrogens (tertiary/aromatic N) is 8. The van der Waals surface area contributed by atoms with Gasteiger partial charge in [0.2, 0.25) is 0 Å². The van der Waals surface area contributed by atoms with Crippen LogP contribution in [0.3, 0.4) is 0 Å². The summed E-state index contributed by atoms with van der Waals surface area (Å²) in [6, 6.07) is 62.8. The highest BCUT2D eigenvalue weighted by atomic mass is 35.5. The second-order valence-electron chi connectivity index (χ2n) is 40.6. The van der Waals surface area contributed by atoms with E-state index in [2.05, 4.69) is 189 Å². The van der Waals surface area contributed by atoms with Crippen LogP contribution in [0.25, 0.3) is 0 Å². The van der Waals surface area contributed by atoms with Crippen LogP contribution in [0, 0.1) is 46.1 Å². The minimum atomic E-state index is -2.68. The first kappa shape index (κ1) is 107. The third kappa shape index (κ3) is 29.5. The van der Waals surface area contributed by atoms with Gasteiger partial charge in [-0.1, -0.05) is 129 Å². The van der Waals surface area contributed by atoms with Crippen LogP contribution in [-0.2, 0) is 15.8 Å². The normalized spacial score (nSPS) is 26.0. The van der Waals surface area contributed by atoms with Crippen molar-refractivity contribution in [2.75, 3.05) is 59.5 Å². The number of alkyl halides is 3. The Kier molecular flexibility index (Phi) is 39.7. The molecule has 3 N–H and O–H groups in total. The first-order chi connectivity index (χ1) is 61.3. The zero-order valence-corrected chi connectivity index (χ0v) is 82.2. The van der Waals surface area contributed by atoms with Crippen LogP contribution in [0.15, 0.2) is 200 Å². The van der Waals surface area contributed by atoms with Gasteiger partial charge in [-0.2, -0.15) is 0 Å². The van der Waals surface area contributed by atoms with Gasteiger partial charge in [-0.05, 0) is 330 Å². The molecule has 11 nitrogen and oxygen atoms in total. The summed E-state index contributed by atoms with van der Waals surface area (Å²) in [4.78, 5) is 18.6. The molecule has 0 radical (unpaired) electrons. The number of hydrogen-bond acceptors (Lipinski definition) is 11.